The normalized spacial score (nSPS) is 26.0. The van der Waals surface area contributed by atoms with Gasteiger partial charge in [-0.25, -0.2) is 9.69 Å². The summed E-state index contributed by atoms with van der Waals surface area (Å²) >= 11 is 0. The molecule has 2 amide bonds. The third-order valence-corrected chi connectivity index (χ3v) is 5.29. The van der Waals surface area contributed by atoms with E-state index in [0.29, 0.717) is 44.8 Å². The molecule has 8 heteroatoms. The summed E-state index contributed by atoms with van der Waals surface area (Å²) in [6.45, 7) is 2.42. The Kier molecular flexibility index (Phi) is 4.26. The van der Waals surface area contributed by atoms with Gasteiger partial charge in [0.05, 0.1) is 36.9 Å². The third-order valence-electron chi connectivity index (χ3n) is 5.29. The fraction of sp³-hybridized carbons (Fsp3) is 0.500. The lowest BCUT2D eigenvalue weighted by atomic mass is 10.0. The molecular formula is C18H20N2O6. The molecule has 3 aliphatic heterocycles. The Morgan fingerprint density at radius 1 is 1.15 bits per heavy atom. The van der Waals surface area contributed by atoms with Gasteiger partial charge in [-0.2, -0.15) is 0 Å². The van der Waals surface area contributed by atoms with Gasteiger partial charge in [0.1, 0.15) is 0 Å². The molecule has 1 unspecified atom stereocenters. The van der Waals surface area contributed by atoms with Crippen molar-refractivity contribution in [1.82, 2.24) is 4.90 Å². The minimum atomic E-state index is -1.10. The summed E-state index contributed by atoms with van der Waals surface area (Å²) < 4.78 is 11.4. The number of piperidine rings is 1. The Hall–Kier alpha value is -2.29. The molecule has 26 heavy (non-hydrogen) atoms. The molecule has 0 aromatic heterocycles. The van der Waals surface area contributed by atoms with E-state index >= 15 is 0 Å². The lowest BCUT2D eigenvalue weighted by molar-refractivity contribution is -0.188. The minimum Gasteiger partial charge on any atom is -0.478 e. The number of rotatable bonds is 3. The van der Waals surface area contributed by atoms with Crippen LogP contribution >= 0.6 is 0 Å². The predicted octanol–water partition coefficient (Wildman–Crippen LogP) is 0.856. The molecular weight excluding hydrogens is 340 g/mol. The van der Waals surface area contributed by atoms with Crippen LogP contribution in [0.4, 0.5) is 5.69 Å². The number of anilines is 1. The summed E-state index contributed by atoms with van der Waals surface area (Å²) in [6, 6.07) is 5.38. The summed E-state index contributed by atoms with van der Waals surface area (Å²) in [7, 11) is 0. The summed E-state index contributed by atoms with van der Waals surface area (Å²) in [6.07, 6.45) is 1.43. The number of carboxylic acid groups (broad SMARTS) is 1. The topological polar surface area (TPSA) is 96.4 Å². The zero-order valence-corrected chi connectivity index (χ0v) is 14.2. The average molecular weight is 360 g/mol. The number of aromatic carboxylic acids is 1. The van der Waals surface area contributed by atoms with Crippen molar-refractivity contribution < 1.29 is 29.0 Å². The monoisotopic (exact) mass is 360 g/mol. The van der Waals surface area contributed by atoms with E-state index in [1.54, 1.807) is 6.07 Å². The summed E-state index contributed by atoms with van der Waals surface area (Å²) in [5.41, 5.74) is 0.348. The number of nitrogens with zero attached hydrogens (tertiary/aromatic N) is 2. The van der Waals surface area contributed by atoms with E-state index in [1.165, 1.54) is 18.2 Å². The molecule has 0 radical (unpaired) electrons. The van der Waals surface area contributed by atoms with Crippen molar-refractivity contribution in [2.24, 2.45) is 0 Å². The van der Waals surface area contributed by atoms with E-state index in [-0.39, 0.29) is 23.8 Å². The second-order valence-corrected chi connectivity index (χ2v) is 6.79. The second kappa shape index (κ2) is 6.46. The molecule has 1 N–H and O–H groups in total. The van der Waals surface area contributed by atoms with Gasteiger partial charge >= 0.3 is 5.97 Å². The van der Waals surface area contributed by atoms with Crippen LogP contribution in [0.5, 0.6) is 0 Å². The molecule has 1 spiro atoms. The lowest BCUT2D eigenvalue weighted by Gasteiger charge is -2.39. The number of carbonyl (C=O) groups is 3. The number of carboxylic acids is 1. The number of carbonyl (C=O) groups excluding carboxylic acids is 2. The van der Waals surface area contributed by atoms with E-state index in [9.17, 15) is 14.4 Å². The Labute approximate surface area is 150 Å². The summed E-state index contributed by atoms with van der Waals surface area (Å²) in [5.74, 6) is -2.24. The maximum absolute atomic E-state index is 12.9. The Bertz CT molecular complexity index is 748. The molecule has 3 aliphatic rings. The van der Waals surface area contributed by atoms with Crippen LogP contribution in [-0.2, 0) is 19.1 Å². The van der Waals surface area contributed by atoms with Gasteiger partial charge in [-0.15, -0.1) is 0 Å². The first-order chi connectivity index (χ1) is 12.5. The van der Waals surface area contributed by atoms with Crippen LogP contribution in [-0.4, -0.2) is 65.9 Å². The highest BCUT2D eigenvalue weighted by Gasteiger charge is 2.47. The van der Waals surface area contributed by atoms with Crippen molar-refractivity contribution in [3.8, 4) is 0 Å². The SMILES string of the molecule is O=C(O)c1cccc(N2C(=O)CC(N3CCC4(CC3)OCCO4)C2=O)c1. The zero-order valence-electron chi connectivity index (χ0n) is 14.2. The smallest absolute Gasteiger partial charge is 0.335 e. The first-order valence-corrected chi connectivity index (χ1v) is 8.71. The molecule has 138 valence electrons. The molecule has 3 saturated heterocycles. The summed E-state index contributed by atoms with van der Waals surface area (Å²) in [4.78, 5) is 39.6. The van der Waals surface area contributed by atoms with Crippen LogP contribution in [0.3, 0.4) is 0 Å². The fourth-order valence-electron chi connectivity index (χ4n) is 3.91. The van der Waals surface area contributed by atoms with Gasteiger partial charge in [0, 0.05) is 25.9 Å². The molecule has 4 rings (SSSR count). The average Bonchev–Trinajstić information content (AvgIpc) is 3.20. The van der Waals surface area contributed by atoms with Crippen molar-refractivity contribution in [3.63, 3.8) is 0 Å². The number of hydrogen-bond donors (Lipinski definition) is 1. The van der Waals surface area contributed by atoms with Gasteiger partial charge < -0.3 is 14.6 Å². The van der Waals surface area contributed by atoms with E-state index in [1.807, 2.05) is 4.90 Å². The van der Waals surface area contributed by atoms with Crippen molar-refractivity contribution in [1.29, 1.82) is 0 Å². The number of hydrogen-bond acceptors (Lipinski definition) is 6. The quantitative estimate of drug-likeness (QED) is 0.799. The molecule has 0 saturated carbocycles. The van der Waals surface area contributed by atoms with Crippen molar-refractivity contribution in [2.45, 2.75) is 31.1 Å². The van der Waals surface area contributed by atoms with Crippen LogP contribution in [0, 0.1) is 0 Å². The second-order valence-electron chi connectivity index (χ2n) is 6.79. The maximum Gasteiger partial charge on any atom is 0.335 e. The molecule has 1 aromatic carbocycles. The minimum absolute atomic E-state index is 0.0435. The lowest BCUT2D eigenvalue weighted by Crippen LogP contribution is -2.51. The molecule has 3 fully saturated rings. The van der Waals surface area contributed by atoms with Gasteiger partial charge in [0.15, 0.2) is 5.79 Å². The van der Waals surface area contributed by atoms with Crippen molar-refractivity contribution in [3.05, 3.63) is 29.8 Å². The van der Waals surface area contributed by atoms with Crippen LogP contribution in [0.1, 0.15) is 29.6 Å². The first kappa shape index (κ1) is 17.1. The molecule has 1 aromatic rings. The summed E-state index contributed by atoms with van der Waals surface area (Å²) in [5, 5.41) is 9.12. The van der Waals surface area contributed by atoms with Crippen molar-refractivity contribution >= 4 is 23.5 Å². The number of likely N-dealkylation sites (tertiary alicyclic amines) is 1. The Morgan fingerprint density at radius 3 is 2.50 bits per heavy atom. The zero-order chi connectivity index (χ0) is 18.3. The first-order valence-electron chi connectivity index (χ1n) is 8.71. The van der Waals surface area contributed by atoms with Gasteiger partial charge in [0.2, 0.25) is 5.91 Å². The van der Waals surface area contributed by atoms with E-state index in [4.69, 9.17) is 14.6 Å². The molecule has 0 bridgehead atoms. The van der Waals surface area contributed by atoms with Crippen LogP contribution in [0.2, 0.25) is 0 Å². The van der Waals surface area contributed by atoms with Gasteiger partial charge in [-0.3, -0.25) is 14.5 Å². The standard InChI is InChI=1S/C18H20N2O6/c21-15-11-14(19-6-4-18(5-7-19)25-8-9-26-18)16(22)20(15)13-3-1-2-12(10-13)17(23)24/h1-3,10,14H,4-9,11H2,(H,23,24). The Balaban J connectivity index is 1.49. The number of ether oxygens (including phenoxy) is 2. The Morgan fingerprint density at radius 2 is 1.85 bits per heavy atom. The van der Waals surface area contributed by atoms with Crippen LogP contribution in [0.15, 0.2) is 24.3 Å². The largest absolute Gasteiger partial charge is 0.478 e. The molecule has 8 nitrogen and oxygen atoms in total. The van der Waals surface area contributed by atoms with E-state index < -0.39 is 17.8 Å². The predicted molar refractivity (Wildman–Crippen MR) is 89.7 cm³/mol. The third kappa shape index (κ3) is 2.90. The van der Waals surface area contributed by atoms with Gasteiger partial charge in [-0.05, 0) is 18.2 Å². The highest BCUT2D eigenvalue weighted by molar-refractivity contribution is 6.22. The molecule has 0 aliphatic carbocycles. The fourth-order valence-corrected chi connectivity index (χ4v) is 3.91. The number of amides is 2. The highest BCUT2D eigenvalue weighted by Crippen LogP contribution is 2.34. The van der Waals surface area contributed by atoms with Crippen LogP contribution in [0.25, 0.3) is 0 Å². The maximum atomic E-state index is 12.9. The molecule has 3 heterocycles. The van der Waals surface area contributed by atoms with Gasteiger partial charge in [-0.1, -0.05) is 6.07 Å². The van der Waals surface area contributed by atoms with E-state index in [2.05, 4.69) is 0 Å². The van der Waals surface area contributed by atoms with Crippen LogP contribution < -0.4 is 4.90 Å². The molecule has 1 atom stereocenters. The highest BCUT2D eigenvalue weighted by atomic mass is 16.7. The van der Waals surface area contributed by atoms with Gasteiger partial charge in [0.25, 0.3) is 5.91 Å². The number of benzene rings is 1. The number of imide groups is 1. The van der Waals surface area contributed by atoms with Crippen molar-refractivity contribution in [2.75, 3.05) is 31.2 Å². The van der Waals surface area contributed by atoms with E-state index in [0.717, 1.165) is 4.90 Å².